The van der Waals surface area contributed by atoms with Gasteiger partial charge in [0.25, 0.3) is 0 Å². The summed E-state index contributed by atoms with van der Waals surface area (Å²) in [6.07, 6.45) is 0.125. The third-order valence-corrected chi connectivity index (χ3v) is 4.05. The fraction of sp³-hybridized carbons (Fsp3) is 0.211. The van der Waals surface area contributed by atoms with E-state index >= 15 is 0 Å². The largest absolute Gasteiger partial charge is 0.235 e. The summed E-state index contributed by atoms with van der Waals surface area (Å²) < 4.78 is 56.5. The molecule has 2 nitrogen and oxygen atoms in total. The smallest absolute Gasteiger partial charge is 0.164 e. The van der Waals surface area contributed by atoms with Gasteiger partial charge in [0.2, 0.25) is 0 Å². The molecule has 1 heterocycles. The lowest BCUT2D eigenvalue weighted by molar-refractivity contribution is 0.479. The molecule has 0 bridgehead atoms. The molecule has 0 radical (unpaired) electrons. The van der Waals surface area contributed by atoms with Crippen LogP contribution < -0.4 is 0 Å². The van der Waals surface area contributed by atoms with Crippen molar-refractivity contribution >= 4 is 0 Å². The second kappa shape index (κ2) is 6.70. The maximum atomic E-state index is 14.4. The fourth-order valence-electron chi connectivity index (χ4n) is 2.82. The summed E-state index contributed by atoms with van der Waals surface area (Å²) in [5.74, 6) is -3.58. The normalized spacial score (nSPS) is 11.1. The Hall–Kier alpha value is -2.63. The SMILES string of the molecule is Cc1cc(C)n(-c2ccc(CCc3c(F)ccc(F)c3F)cc2F)n1. The Morgan fingerprint density at radius 3 is 2.20 bits per heavy atom. The molecule has 0 atom stereocenters. The number of nitrogens with zero attached hydrogens (tertiary/aromatic N) is 2. The van der Waals surface area contributed by atoms with Crippen LogP contribution in [0.15, 0.2) is 36.4 Å². The number of hydrogen-bond acceptors (Lipinski definition) is 1. The van der Waals surface area contributed by atoms with Gasteiger partial charge in [-0.1, -0.05) is 6.07 Å². The maximum Gasteiger partial charge on any atom is 0.164 e. The van der Waals surface area contributed by atoms with Gasteiger partial charge < -0.3 is 0 Å². The summed E-state index contributed by atoms with van der Waals surface area (Å²) >= 11 is 0. The zero-order valence-electron chi connectivity index (χ0n) is 13.8. The minimum absolute atomic E-state index is 0.0614. The van der Waals surface area contributed by atoms with Crippen LogP contribution in [0.2, 0.25) is 0 Å². The molecule has 2 aromatic carbocycles. The summed E-state index contributed by atoms with van der Waals surface area (Å²) in [4.78, 5) is 0. The fourth-order valence-corrected chi connectivity index (χ4v) is 2.82. The molecule has 0 aliphatic carbocycles. The van der Waals surface area contributed by atoms with Crippen LogP contribution in [0.1, 0.15) is 22.5 Å². The second-order valence-electron chi connectivity index (χ2n) is 5.95. The summed E-state index contributed by atoms with van der Waals surface area (Å²) in [5.41, 5.74) is 2.11. The third kappa shape index (κ3) is 3.43. The Kier molecular flexibility index (Phi) is 4.61. The van der Waals surface area contributed by atoms with Gasteiger partial charge in [-0.15, -0.1) is 0 Å². The first-order chi connectivity index (χ1) is 11.9. The number of hydrogen-bond donors (Lipinski definition) is 0. The van der Waals surface area contributed by atoms with Gasteiger partial charge in [0.15, 0.2) is 11.6 Å². The lowest BCUT2D eigenvalue weighted by atomic mass is 10.0. The van der Waals surface area contributed by atoms with Gasteiger partial charge in [-0.05, 0) is 62.6 Å². The first-order valence-electron chi connectivity index (χ1n) is 7.81. The highest BCUT2D eigenvalue weighted by atomic mass is 19.2. The number of benzene rings is 2. The van der Waals surface area contributed by atoms with Crippen LogP contribution in [0, 0.1) is 37.1 Å². The molecular formula is C19H16F4N2. The molecule has 0 aliphatic heterocycles. The van der Waals surface area contributed by atoms with Crippen LogP contribution in [0.5, 0.6) is 0 Å². The minimum Gasteiger partial charge on any atom is -0.235 e. The zero-order valence-corrected chi connectivity index (χ0v) is 13.8. The molecule has 6 heteroatoms. The van der Waals surface area contributed by atoms with Crippen molar-refractivity contribution in [3.63, 3.8) is 0 Å². The van der Waals surface area contributed by atoms with E-state index < -0.39 is 23.3 Å². The molecule has 0 spiro atoms. The van der Waals surface area contributed by atoms with Gasteiger partial charge in [0, 0.05) is 11.3 Å². The molecule has 0 unspecified atom stereocenters. The molecule has 25 heavy (non-hydrogen) atoms. The summed E-state index contributed by atoms with van der Waals surface area (Å²) in [6.45, 7) is 3.64. The molecule has 130 valence electrons. The van der Waals surface area contributed by atoms with Crippen molar-refractivity contribution in [3.05, 3.63) is 82.2 Å². The van der Waals surface area contributed by atoms with Crippen LogP contribution in [0.25, 0.3) is 5.69 Å². The molecule has 0 fully saturated rings. The van der Waals surface area contributed by atoms with Crippen molar-refractivity contribution in [3.8, 4) is 5.69 Å². The van der Waals surface area contributed by atoms with Crippen LogP contribution >= 0.6 is 0 Å². The van der Waals surface area contributed by atoms with Crippen LogP contribution in [0.4, 0.5) is 17.6 Å². The van der Waals surface area contributed by atoms with E-state index in [1.807, 2.05) is 19.9 Å². The third-order valence-electron chi connectivity index (χ3n) is 4.05. The molecule has 1 aromatic heterocycles. The molecule has 0 N–H and O–H groups in total. The van der Waals surface area contributed by atoms with Gasteiger partial charge in [0.1, 0.15) is 17.3 Å². The lowest BCUT2D eigenvalue weighted by Crippen LogP contribution is -2.04. The van der Waals surface area contributed by atoms with Gasteiger partial charge in [0.05, 0.1) is 5.69 Å². The predicted molar refractivity (Wildman–Crippen MR) is 86.7 cm³/mol. The van der Waals surface area contributed by atoms with E-state index in [0.717, 1.165) is 23.5 Å². The predicted octanol–water partition coefficient (Wildman–Crippen LogP) is 4.83. The van der Waals surface area contributed by atoms with E-state index in [9.17, 15) is 17.6 Å². The minimum atomic E-state index is -1.19. The quantitative estimate of drug-likeness (QED) is 0.488. The summed E-state index contributed by atoms with van der Waals surface area (Å²) in [7, 11) is 0. The van der Waals surface area contributed by atoms with Crippen molar-refractivity contribution in [1.82, 2.24) is 9.78 Å². The van der Waals surface area contributed by atoms with E-state index in [1.54, 1.807) is 12.1 Å². The van der Waals surface area contributed by atoms with Gasteiger partial charge in [-0.2, -0.15) is 5.10 Å². The lowest BCUT2D eigenvalue weighted by Gasteiger charge is -2.09. The van der Waals surface area contributed by atoms with Crippen molar-refractivity contribution in [2.75, 3.05) is 0 Å². The van der Waals surface area contributed by atoms with E-state index in [-0.39, 0.29) is 18.4 Å². The number of halogens is 4. The van der Waals surface area contributed by atoms with Crippen LogP contribution in [-0.4, -0.2) is 9.78 Å². The molecule has 0 saturated heterocycles. The molecule has 0 aliphatic rings. The highest BCUT2D eigenvalue weighted by Gasteiger charge is 2.15. The maximum absolute atomic E-state index is 14.4. The van der Waals surface area contributed by atoms with Crippen molar-refractivity contribution in [2.24, 2.45) is 0 Å². The average Bonchev–Trinajstić information content (AvgIpc) is 2.89. The van der Waals surface area contributed by atoms with E-state index in [0.29, 0.717) is 11.3 Å². The van der Waals surface area contributed by atoms with E-state index in [1.165, 1.54) is 10.7 Å². The van der Waals surface area contributed by atoms with Gasteiger partial charge >= 0.3 is 0 Å². The Morgan fingerprint density at radius 1 is 0.840 bits per heavy atom. The van der Waals surface area contributed by atoms with Crippen molar-refractivity contribution in [2.45, 2.75) is 26.7 Å². The van der Waals surface area contributed by atoms with Gasteiger partial charge in [-0.3, -0.25) is 0 Å². The first kappa shape index (κ1) is 17.2. The number of aromatic nitrogens is 2. The molecule has 3 rings (SSSR count). The monoisotopic (exact) mass is 348 g/mol. The van der Waals surface area contributed by atoms with Gasteiger partial charge in [-0.25, -0.2) is 22.2 Å². The second-order valence-corrected chi connectivity index (χ2v) is 5.95. The molecule has 3 aromatic rings. The molecule has 0 saturated carbocycles. The number of rotatable bonds is 4. The Morgan fingerprint density at radius 2 is 1.56 bits per heavy atom. The van der Waals surface area contributed by atoms with Crippen LogP contribution in [0.3, 0.4) is 0 Å². The molecular weight excluding hydrogens is 332 g/mol. The summed E-state index contributed by atoms with van der Waals surface area (Å²) in [6, 6.07) is 8.02. The van der Waals surface area contributed by atoms with E-state index in [4.69, 9.17) is 0 Å². The summed E-state index contributed by atoms with van der Waals surface area (Å²) in [5, 5.41) is 4.23. The van der Waals surface area contributed by atoms with Crippen LogP contribution in [-0.2, 0) is 12.8 Å². The Balaban J connectivity index is 1.83. The Bertz CT molecular complexity index is 931. The van der Waals surface area contributed by atoms with Crippen molar-refractivity contribution in [1.29, 1.82) is 0 Å². The number of aryl methyl sites for hydroxylation is 3. The highest BCUT2D eigenvalue weighted by molar-refractivity contribution is 5.38. The highest BCUT2D eigenvalue weighted by Crippen LogP contribution is 2.21. The van der Waals surface area contributed by atoms with Crippen molar-refractivity contribution < 1.29 is 17.6 Å². The van der Waals surface area contributed by atoms with E-state index in [2.05, 4.69) is 5.10 Å². The molecule has 0 amide bonds. The standard InChI is InChI=1S/C19H16F4N2/c1-11-9-12(2)25(24-11)18-8-4-13(10-17(18)22)3-5-14-15(20)6-7-16(21)19(14)23/h4,6-10H,3,5H2,1-2H3. The topological polar surface area (TPSA) is 17.8 Å². The Labute approximate surface area is 142 Å². The zero-order chi connectivity index (χ0) is 18.1. The average molecular weight is 348 g/mol. The first-order valence-corrected chi connectivity index (χ1v) is 7.81.